The first-order valence-corrected chi connectivity index (χ1v) is 10.3. The number of fused-ring (bicyclic) bond motifs is 1. The number of ether oxygens (including phenoxy) is 2. The lowest BCUT2D eigenvalue weighted by Crippen LogP contribution is -2.48. The molecule has 4 rings (SSSR count). The van der Waals surface area contributed by atoms with Crippen molar-refractivity contribution in [3.05, 3.63) is 47.8 Å². The number of nitrogens with zero attached hydrogens (tertiary/aromatic N) is 3. The first kappa shape index (κ1) is 19.5. The minimum atomic E-state index is 0.0550. The summed E-state index contributed by atoms with van der Waals surface area (Å²) in [6.45, 7) is 7.33. The van der Waals surface area contributed by atoms with E-state index < -0.39 is 0 Å². The third-order valence-electron chi connectivity index (χ3n) is 5.35. The zero-order valence-electron chi connectivity index (χ0n) is 16.9. The van der Waals surface area contributed by atoms with Crippen molar-refractivity contribution in [3.8, 4) is 11.5 Å². The van der Waals surface area contributed by atoms with Crippen LogP contribution in [0.3, 0.4) is 0 Å². The van der Waals surface area contributed by atoms with Gasteiger partial charge >= 0.3 is 0 Å². The summed E-state index contributed by atoms with van der Waals surface area (Å²) in [5, 5.41) is 3.34. The molecule has 3 heterocycles. The Labute approximate surface area is 171 Å². The standard InChI is InChI=1S/C22H28N4O3/c1-2-3-6-24-19-12-18(13-23-14-19)22(27)26-9-7-25(8-10-26)15-17-4-5-20-21(11-17)29-16-28-20/h4-5,11-14,24H,2-3,6-10,15-16H2,1H3. The zero-order chi connectivity index (χ0) is 20.1. The van der Waals surface area contributed by atoms with Gasteiger partial charge in [0.25, 0.3) is 5.91 Å². The van der Waals surface area contributed by atoms with Crippen LogP contribution < -0.4 is 14.8 Å². The van der Waals surface area contributed by atoms with E-state index in [1.54, 1.807) is 12.4 Å². The Bertz CT molecular complexity index is 850. The fourth-order valence-corrected chi connectivity index (χ4v) is 3.65. The molecule has 0 spiro atoms. The van der Waals surface area contributed by atoms with Crippen LogP contribution in [-0.4, -0.2) is 60.2 Å². The number of rotatable bonds is 7. The van der Waals surface area contributed by atoms with E-state index in [2.05, 4.69) is 28.2 Å². The minimum absolute atomic E-state index is 0.0550. The van der Waals surface area contributed by atoms with Crippen molar-refractivity contribution in [2.75, 3.05) is 44.8 Å². The molecule has 1 aromatic carbocycles. The quantitative estimate of drug-likeness (QED) is 0.726. The van der Waals surface area contributed by atoms with Gasteiger partial charge in [0.2, 0.25) is 6.79 Å². The maximum Gasteiger partial charge on any atom is 0.255 e. The molecule has 0 bridgehead atoms. The molecule has 7 nitrogen and oxygen atoms in total. The number of amides is 1. The van der Waals surface area contributed by atoms with Crippen LogP contribution in [0.1, 0.15) is 35.7 Å². The smallest absolute Gasteiger partial charge is 0.255 e. The van der Waals surface area contributed by atoms with Crippen LogP contribution in [0.15, 0.2) is 36.7 Å². The topological polar surface area (TPSA) is 66.9 Å². The van der Waals surface area contributed by atoms with Gasteiger partial charge in [-0.3, -0.25) is 14.7 Å². The van der Waals surface area contributed by atoms with Crippen molar-refractivity contribution < 1.29 is 14.3 Å². The summed E-state index contributed by atoms with van der Waals surface area (Å²) in [6, 6.07) is 7.99. The van der Waals surface area contributed by atoms with Gasteiger partial charge in [-0.15, -0.1) is 0 Å². The second kappa shape index (κ2) is 9.13. The number of carbonyl (C=O) groups is 1. The molecule has 0 aliphatic carbocycles. The van der Waals surface area contributed by atoms with Crippen molar-refractivity contribution in [2.45, 2.75) is 26.3 Å². The van der Waals surface area contributed by atoms with Crippen LogP contribution in [0.25, 0.3) is 0 Å². The molecule has 0 saturated carbocycles. The zero-order valence-corrected chi connectivity index (χ0v) is 16.9. The summed E-state index contributed by atoms with van der Waals surface area (Å²) >= 11 is 0. The fraction of sp³-hybridized carbons (Fsp3) is 0.455. The summed E-state index contributed by atoms with van der Waals surface area (Å²) in [5.41, 5.74) is 2.76. The summed E-state index contributed by atoms with van der Waals surface area (Å²) < 4.78 is 10.8. The Balaban J connectivity index is 1.30. The van der Waals surface area contributed by atoms with Gasteiger partial charge in [-0.05, 0) is 30.2 Å². The van der Waals surface area contributed by atoms with Crippen molar-refractivity contribution in [1.82, 2.24) is 14.8 Å². The number of carbonyl (C=O) groups excluding carboxylic acids is 1. The Hall–Kier alpha value is -2.80. The van der Waals surface area contributed by atoms with Crippen LogP contribution in [0.5, 0.6) is 11.5 Å². The molecule has 1 fully saturated rings. The van der Waals surface area contributed by atoms with E-state index in [0.717, 1.165) is 69.3 Å². The molecule has 2 aliphatic heterocycles. The normalized spacial score (nSPS) is 16.1. The van der Waals surface area contributed by atoms with Crippen molar-refractivity contribution in [3.63, 3.8) is 0 Å². The number of unbranched alkanes of at least 4 members (excludes halogenated alkanes) is 1. The molecule has 1 aromatic heterocycles. The molecule has 154 valence electrons. The summed E-state index contributed by atoms with van der Waals surface area (Å²) in [7, 11) is 0. The number of anilines is 1. The van der Waals surface area contributed by atoms with Gasteiger partial charge in [0, 0.05) is 51.7 Å². The van der Waals surface area contributed by atoms with Crippen LogP contribution in [0.2, 0.25) is 0 Å². The van der Waals surface area contributed by atoms with E-state index in [4.69, 9.17) is 9.47 Å². The van der Waals surface area contributed by atoms with Gasteiger partial charge in [-0.2, -0.15) is 0 Å². The number of aromatic nitrogens is 1. The number of piperazine rings is 1. The van der Waals surface area contributed by atoms with E-state index >= 15 is 0 Å². The molecule has 7 heteroatoms. The Morgan fingerprint density at radius 2 is 1.93 bits per heavy atom. The van der Waals surface area contributed by atoms with Gasteiger partial charge in [-0.25, -0.2) is 0 Å². The van der Waals surface area contributed by atoms with Gasteiger partial charge in [-0.1, -0.05) is 19.4 Å². The fourth-order valence-electron chi connectivity index (χ4n) is 3.65. The molecule has 0 atom stereocenters. The highest BCUT2D eigenvalue weighted by molar-refractivity contribution is 5.94. The molecular weight excluding hydrogens is 368 g/mol. The highest BCUT2D eigenvalue weighted by Gasteiger charge is 2.23. The molecule has 29 heavy (non-hydrogen) atoms. The third kappa shape index (κ3) is 4.79. The minimum Gasteiger partial charge on any atom is -0.454 e. The van der Waals surface area contributed by atoms with E-state index in [9.17, 15) is 4.79 Å². The molecule has 1 amide bonds. The molecule has 2 aliphatic rings. The van der Waals surface area contributed by atoms with Gasteiger partial charge in [0.15, 0.2) is 11.5 Å². The predicted molar refractivity (Wildman–Crippen MR) is 111 cm³/mol. The summed E-state index contributed by atoms with van der Waals surface area (Å²) in [4.78, 5) is 21.4. The molecule has 0 radical (unpaired) electrons. The molecule has 0 unspecified atom stereocenters. The van der Waals surface area contributed by atoms with E-state index in [-0.39, 0.29) is 5.91 Å². The maximum atomic E-state index is 12.9. The number of pyridine rings is 1. The van der Waals surface area contributed by atoms with Crippen LogP contribution in [-0.2, 0) is 6.54 Å². The Morgan fingerprint density at radius 3 is 2.76 bits per heavy atom. The number of benzene rings is 1. The summed E-state index contributed by atoms with van der Waals surface area (Å²) in [6.07, 6.45) is 5.67. The molecule has 1 saturated heterocycles. The second-order valence-electron chi connectivity index (χ2n) is 7.50. The highest BCUT2D eigenvalue weighted by Crippen LogP contribution is 2.32. The van der Waals surface area contributed by atoms with Gasteiger partial charge in [0.05, 0.1) is 11.3 Å². The van der Waals surface area contributed by atoms with Crippen molar-refractivity contribution >= 4 is 11.6 Å². The number of hydrogen-bond acceptors (Lipinski definition) is 6. The number of nitrogens with one attached hydrogen (secondary N) is 1. The average Bonchev–Trinajstić information content (AvgIpc) is 3.22. The van der Waals surface area contributed by atoms with Crippen LogP contribution in [0.4, 0.5) is 5.69 Å². The first-order valence-electron chi connectivity index (χ1n) is 10.3. The molecule has 1 N–H and O–H groups in total. The van der Waals surface area contributed by atoms with E-state index in [1.165, 1.54) is 5.56 Å². The lowest BCUT2D eigenvalue weighted by Gasteiger charge is -2.34. The maximum absolute atomic E-state index is 12.9. The molecule has 2 aromatic rings. The SMILES string of the molecule is CCCCNc1cncc(C(=O)N2CCN(Cc3ccc4c(c3)OCO4)CC2)c1. The van der Waals surface area contributed by atoms with Crippen LogP contribution >= 0.6 is 0 Å². The van der Waals surface area contributed by atoms with Crippen LogP contribution in [0, 0.1) is 0 Å². The van der Waals surface area contributed by atoms with Crippen molar-refractivity contribution in [1.29, 1.82) is 0 Å². The third-order valence-corrected chi connectivity index (χ3v) is 5.35. The van der Waals surface area contributed by atoms with Gasteiger partial charge in [0.1, 0.15) is 0 Å². The second-order valence-corrected chi connectivity index (χ2v) is 7.50. The lowest BCUT2D eigenvalue weighted by atomic mass is 10.1. The summed E-state index contributed by atoms with van der Waals surface area (Å²) in [5.74, 6) is 1.68. The monoisotopic (exact) mass is 396 g/mol. The average molecular weight is 396 g/mol. The van der Waals surface area contributed by atoms with Gasteiger partial charge < -0.3 is 19.7 Å². The Kier molecular flexibility index (Phi) is 6.14. The highest BCUT2D eigenvalue weighted by atomic mass is 16.7. The number of hydrogen-bond donors (Lipinski definition) is 1. The van der Waals surface area contributed by atoms with E-state index in [1.807, 2.05) is 23.1 Å². The molecular formula is C22H28N4O3. The van der Waals surface area contributed by atoms with E-state index in [0.29, 0.717) is 12.4 Å². The first-order chi connectivity index (χ1) is 14.2. The Morgan fingerprint density at radius 1 is 1.10 bits per heavy atom. The lowest BCUT2D eigenvalue weighted by molar-refractivity contribution is 0.0628. The predicted octanol–water partition coefficient (Wildman–Crippen LogP) is 2.98. The van der Waals surface area contributed by atoms with Crippen molar-refractivity contribution in [2.24, 2.45) is 0 Å². The largest absolute Gasteiger partial charge is 0.454 e.